The highest BCUT2D eigenvalue weighted by atomic mass is 16.6. The lowest BCUT2D eigenvalue weighted by Gasteiger charge is -2.07. The summed E-state index contributed by atoms with van der Waals surface area (Å²) in [6.45, 7) is 2.42. The zero-order valence-corrected chi connectivity index (χ0v) is 11.9. The molecule has 22 heavy (non-hydrogen) atoms. The van der Waals surface area contributed by atoms with Gasteiger partial charge in [-0.05, 0) is 18.6 Å². The van der Waals surface area contributed by atoms with Crippen LogP contribution in [0.1, 0.15) is 11.1 Å². The topological polar surface area (TPSA) is 78.0 Å². The second-order valence-electron chi connectivity index (χ2n) is 5.12. The smallest absolute Gasteiger partial charge is 0.271 e. The van der Waals surface area contributed by atoms with Crippen molar-refractivity contribution in [2.45, 2.75) is 13.5 Å². The standard InChI is InChI=1S/C16H13N3O3/c1-11-2-4-12(5-3-11)9-18-10-17-15-8-13(19(21)22)6-7-14(15)16(18)20/h2-8,10H,9H2,1H3. The molecule has 0 aliphatic carbocycles. The fraction of sp³-hybridized carbons (Fsp3) is 0.125. The Labute approximate surface area is 125 Å². The number of non-ortho nitro benzene ring substituents is 1. The monoisotopic (exact) mass is 295 g/mol. The number of aromatic nitrogens is 2. The third-order valence-corrected chi connectivity index (χ3v) is 3.49. The van der Waals surface area contributed by atoms with Gasteiger partial charge in [0.05, 0.1) is 28.7 Å². The summed E-state index contributed by atoms with van der Waals surface area (Å²) in [6, 6.07) is 12.0. The van der Waals surface area contributed by atoms with E-state index in [4.69, 9.17) is 0 Å². The third-order valence-electron chi connectivity index (χ3n) is 3.49. The highest BCUT2D eigenvalue weighted by Gasteiger charge is 2.10. The van der Waals surface area contributed by atoms with E-state index in [0.29, 0.717) is 17.4 Å². The van der Waals surface area contributed by atoms with Gasteiger partial charge < -0.3 is 0 Å². The van der Waals surface area contributed by atoms with E-state index in [1.165, 1.54) is 29.1 Å². The molecule has 0 aliphatic rings. The normalized spacial score (nSPS) is 10.8. The molecule has 2 aromatic carbocycles. The van der Waals surface area contributed by atoms with Gasteiger partial charge in [-0.1, -0.05) is 29.8 Å². The molecule has 110 valence electrons. The Hall–Kier alpha value is -3.02. The number of benzene rings is 2. The van der Waals surface area contributed by atoms with Crippen molar-refractivity contribution in [3.8, 4) is 0 Å². The zero-order valence-electron chi connectivity index (χ0n) is 11.9. The number of nitrogens with zero attached hydrogens (tertiary/aromatic N) is 3. The minimum absolute atomic E-state index is 0.0734. The molecule has 0 unspecified atom stereocenters. The van der Waals surface area contributed by atoms with E-state index in [-0.39, 0.29) is 11.2 Å². The maximum Gasteiger partial charge on any atom is 0.271 e. The van der Waals surface area contributed by atoms with Crippen LogP contribution in [0.2, 0.25) is 0 Å². The van der Waals surface area contributed by atoms with Gasteiger partial charge in [0.25, 0.3) is 11.2 Å². The predicted molar refractivity (Wildman–Crippen MR) is 82.9 cm³/mol. The molecule has 0 spiro atoms. The number of rotatable bonds is 3. The van der Waals surface area contributed by atoms with Crippen molar-refractivity contribution in [3.63, 3.8) is 0 Å². The van der Waals surface area contributed by atoms with Crippen molar-refractivity contribution >= 4 is 16.6 Å². The second-order valence-corrected chi connectivity index (χ2v) is 5.12. The first-order chi connectivity index (χ1) is 10.5. The van der Waals surface area contributed by atoms with Crippen LogP contribution in [-0.4, -0.2) is 14.5 Å². The van der Waals surface area contributed by atoms with Crippen molar-refractivity contribution < 1.29 is 4.92 Å². The molecule has 3 aromatic rings. The Kier molecular flexibility index (Phi) is 3.42. The van der Waals surface area contributed by atoms with Crippen molar-refractivity contribution in [1.82, 2.24) is 9.55 Å². The molecule has 6 nitrogen and oxygen atoms in total. The molecule has 1 aromatic heterocycles. The number of nitro benzene ring substituents is 1. The summed E-state index contributed by atoms with van der Waals surface area (Å²) in [5.74, 6) is 0. The maximum absolute atomic E-state index is 12.4. The van der Waals surface area contributed by atoms with E-state index in [1.54, 1.807) is 0 Å². The molecule has 1 heterocycles. The number of nitro groups is 1. The van der Waals surface area contributed by atoms with E-state index < -0.39 is 4.92 Å². The van der Waals surface area contributed by atoms with Gasteiger partial charge in [0.15, 0.2) is 0 Å². The summed E-state index contributed by atoms with van der Waals surface area (Å²) >= 11 is 0. The highest BCUT2D eigenvalue weighted by molar-refractivity contribution is 5.79. The molecule has 0 atom stereocenters. The molecule has 0 saturated heterocycles. The predicted octanol–water partition coefficient (Wildman–Crippen LogP) is 2.66. The Bertz CT molecular complexity index is 914. The van der Waals surface area contributed by atoms with Gasteiger partial charge in [-0.2, -0.15) is 0 Å². The molecule has 0 saturated carbocycles. The summed E-state index contributed by atoms with van der Waals surface area (Å²) in [6.07, 6.45) is 1.42. The van der Waals surface area contributed by atoms with Crippen LogP contribution < -0.4 is 5.56 Å². The lowest BCUT2D eigenvalue weighted by atomic mass is 10.1. The van der Waals surface area contributed by atoms with Crippen LogP contribution in [-0.2, 0) is 6.54 Å². The van der Waals surface area contributed by atoms with Gasteiger partial charge in [-0.25, -0.2) is 4.98 Å². The Morgan fingerprint density at radius 2 is 1.91 bits per heavy atom. The summed E-state index contributed by atoms with van der Waals surface area (Å²) in [5, 5.41) is 11.1. The van der Waals surface area contributed by atoms with Crippen LogP contribution in [0.4, 0.5) is 5.69 Å². The third kappa shape index (κ3) is 2.58. The average molecular weight is 295 g/mol. The Balaban J connectivity index is 2.03. The molecular weight excluding hydrogens is 282 g/mol. The van der Waals surface area contributed by atoms with E-state index in [1.807, 2.05) is 31.2 Å². The minimum atomic E-state index is -0.501. The van der Waals surface area contributed by atoms with Gasteiger partial charge in [0.1, 0.15) is 0 Å². The lowest BCUT2D eigenvalue weighted by Crippen LogP contribution is -2.21. The molecule has 0 aliphatic heterocycles. The number of aryl methyl sites for hydroxylation is 1. The fourth-order valence-corrected chi connectivity index (χ4v) is 2.26. The van der Waals surface area contributed by atoms with Crippen molar-refractivity contribution in [3.05, 3.63) is 80.4 Å². The second kappa shape index (κ2) is 5.40. The minimum Gasteiger partial charge on any atom is -0.294 e. The Morgan fingerprint density at radius 3 is 2.59 bits per heavy atom. The van der Waals surface area contributed by atoms with Crippen LogP contribution in [0.3, 0.4) is 0 Å². The lowest BCUT2D eigenvalue weighted by molar-refractivity contribution is -0.384. The fourth-order valence-electron chi connectivity index (χ4n) is 2.26. The molecule has 0 radical (unpaired) electrons. The molecule has 3 rings (SSSR count). The number of hydrogen-bond acceptors (Lipinski definition) is 4. The van der Waals surface area contributed by atoms with Crippen LogP contribution in [0.15, 0.2) is 53.6 Å². The SMILES string of the molecule is Cc1ccc(Cn2cnc3cc([N+](=O)[O-])ccc3c2=O)cc1. The van der Waals surface area contributed by atoms with Crippen molar-refractivity contribution in [2.75, 3.05) is 0 Å². The number of hydrogen-bond donors (Lipinski definition) is 0. The zero-order chi connectivity index (χ0) is 15.7. The van der Waals surface area contributed by atoms with E-state index in [9.17, 15) is 14.9 Å². The Morgan fingerprint density at radius 1 is 1.18 bits per heavy atom. The molecule has 6 heteroatoms. The summed E-state index contributed by atoms with van der Waals surface area (Å²) in [5.41, 5.74) is 2.20. The van der Waals surface area contributed by atoms with Gasteiger partial charge in [-0.15, -0.1) is 0 Å². The van der Waals surface area contributed by atoms with Crippen LogP contribution in [0.5, 0.6) is 0 Å². The van der Waals surface area contributed by atoms with Gasteiger partial charge >= 0.3 is 0 Å². The average Bonchev–Trinajstić information content (AvgIpc) is 2.52. The summed E-state index contributed by atoms with van der Waals surface area (Å²) in [4.78, 5) is 26.8. The van der Waals surface area contributed by atoms with Crippen LogP contribution in [0.25, 0.3) is 10.9 Å². The summed E-state index contributed by atoms with van der Waals surface area (Å²) in [7, 11) is 0. The van der Waals surface area contributed by atoms with E-state index >= 15 is 0 Å². The molecular formula is C16H13N3O3. The van der Waals surface area contributed by atoms with Crippen LogP contribution in [0, 0.1) is 17.0 Å². The first-order valence-corrected chi connectivity index (χ1v) is 6.74. The van der Waals surface area contributed by atoms with Crippen LogP contribution >= 0.6 is 0 Å². The number of fused-ring (bicyclic) bond motifs is 1. The molecule has 0 bridgehead atoms. The molecule has 0 N–H and O–H groups in total. The first kappa shape index (κ1) is 13.9. The van der Waals surface area contributed by atoms with Gasteiger partial charge in [-0.3, -0.25) is 19.5 Å². The van der Waals surface area contributed by atoms with E-state index in [2.05, 4.69) is 4.98 Å². The molecule has 0 fully saturated rings. The molecule has 0 amide bonds. The van der Waals surface area contributed by atoms with Crippen molar-refractivity contribution in [1.29, 1.82) is 0 Å². The van der Waals surface area contributed by atoms with Gasteiger partial charge in [0, 0.05) is 12.1 Å². The first-order valence-electron chi connectivity index (χ1n) is 6.74. The van der Waals surface area contributed by atoms with Crippen molar-refractivity contribution in [2.24, 2.45) is 0 Å². The quantitative estimate of drug-likeness (QED) is 0.549. The van der Waals surface area contributed by atoms with E-state index in [0.717, 1.165) is 11.1 Å². The van der Waals surface area contributed by atoms with Gasteiger partial charge in [0.2, 0.25) is 0 Å². The maximum atomic E-state index is 12.4. The highest BCUT2D eigenvalue weighted by Crippen LogP contribution is 2.16. The summed E-state index contributed by atoms with van der Waals surface area (Å²) < 4.78 is 1.50. The largest absolute Gasteiger partial charge is 0.294 e.